The number of rotatable bonds is 0. The van der Waals surface area contributed by atoms with Crippen molar-refractivity contribution < 1.29 is 9.90 Å². The number of allylic oxidation sites excluding steroid dienone is 5. The molecule has 4 heteroatoms. The minimum atomic E-state index is -1.04. The lowest BCUT2D eigenvalue weighted by atomic mass is 10.2. The Morgan fingerprint density at radius 3 is 3.00 bits per heavy atom. The molecule has 1 aliphatic carbocycles. The van der Waals surface area contributed by atoms with Crippen LogP contribution in [0, 0.1) is 0 Å². The van der Waals surface area contributed by atoms with Gasteiger partial charge >= 0.3 is 6.09 Å². The van der Waals surface area contributed by atoms with Gasteiger partial charge in [0.15, 0.2) is 0 Å². The second kappa shape index (κ2) is 3.33. The highest BCUT2D eigenvalue weighted by atomic mass is 16.4. The third-order valence-corrected chi connectivity index (χ3v) is 1.87. The van der Waals surface area contributed by atoms with Crippen molar-refractivity contribution >= 4 is 12.4 Å². The molecule has 0 unspecified atom stereocenters. The van der Waals surface area contributed by atoms with Crippen LogP contribution in [0.25, 0.3) is 0 Å². The summed E-state index contributed by atoms with van der Waals surface area (Å²) in [5.41, 5.74) is 1.56. The van der Waals surface area contributed by atoms with Crippen molar-refractivity contribution in [2.45, 2.75) is 0 Å². The Hall–Kier alpha value is -2.10. The van der Waals surface area contributed by atoms with Crippen LogP contribution >= 0.6 is 0 Å². The minimum Gasteiger partial charge on any atom is -0.464 e. The van der Waals surface area contributed by atoms with E-state index in [1.54, 1.807) is 0 Å². The maximum Gasteiger partial charge on any atom is 0.416 e. The summed E-state index contributed by atoms with van der Waals surface area (Å²) in [6, 6.07) is 0. The molecular formula is C10H8N2O2. The predicted molar refractivity (Wildman–Crippen MR) is 52.8 cm³/mol. The second-order valence-corrected chi connectivity index (χ2v) is 2.81. The zero-order valence-corrected chi connectivity index (χ0v) is 7.29. The zero-order chi connectivity index (χ0) is 9.97. The molecule has 0 bridgehead atoms. The van der Waals surface area contributed by atoms with Crippen LogP contribution < -0.4 is 0 Å². The van der Waals surface area contributed by atoms with E-state index in [0.717, 1.165) is 16.2 Å². The van der Waals surface area contributed by atoms with Gasteiger partial charge in [0.1, 0.15) is 6.34 Å². The summed E-state index contributed by atoms with van der Waals surface area (Å²) in [4.78, 5) is 15.7. The van der Waals surface area contributed by atoms with Gasteiger partial charge in [-0.15, -0.1) is 0 Å². The summed E-state index contributed by atoms with van der Waals surface area (Å²) >= 11 is 0. The van der Waals surface area contributed by atoms with Crippen LogP contribution in [0.15, 0.2) is 52.8 Å². The molecule has 0 saturated carbocycles. The van der Waals surface area contributed by atoms with Crippen LogP contribution in [0.4, 0.5) is 4.79 Å². The smallest absolute Gasteiger partial charge is 0.416 e. The molecule has 2 aliphatic rings. The average Bonchev–Trinajstić information content (AvgIpc) is 2.41. The lowest BCUT2D eigenvalue weighted by Gasteiger charge is -2.15. The summed E-state index contributed by atoms with van der Waals surface area (Å²) < 4.78 is 0. The molecule has 1 N–H and O–H groups in total. The number of amides is 1. The van der Waals surface area contributed by atoms with Gasteiger partial charge in [-0.05, 0) is 6.08 Å². The first-order valence-corrected chi connectivity index (χ1v) is 4.10. The molecule has 0 radical (unpaired) electrons. The first-order chi connectivity index (χ1) is 6.77. The molecule has 0 spiro atoms. The van der Waals surface area contributed by atoms with Crippen LogP contribution in [-0.2, 0) is 0 Å². The van der Waals surface area contributed by atoms with E-state index in [0.29, 0.717) is 0 Å². The third kappa shape index (κ3) is 1.50. The molecule has 2 rings (SSSR count). The van der Waals surface area contributed by atoms with E-state index >= 15 is 0 Å². The molecule has 0 aromatic carbocycles. The van der Waals surface area contributed by atoms with Gasteiger partial charge in [-0.1, -0.05) is 24.3 Å². The third-order valence-electron chi connectivity index (χ3n) is 1.87. The van der Waals surface area contributed by atoms with Gasteiger partial charge in [-0.25, -0.2) is 14.7 Å². The van der Waals surface area contributed by atoms with Crippen molar-refractivity contribution in [3.8, 4) is 0 Å². The first kappa shape index (κ1) is 8.50. The van der Waals surface area contributed by atoms with Gasteiger partial charge in [0.25, 0.3) is 0 Å². The van der Waals surface area contributed by atoms with Gasteiger partial charge in [-0.3, -0.25) is 0 Å². The fourth-order valence-corrected chi connectivity index (χ4v) is 1.19. The lowest BCUT2D eigenvalue weighted by Crippen LogP contribution is -2.24. The summed E-state index contributed by atoms with van der Waals surface area (Å²) in [7, 11) is 0. The summed E-state index contributed by atoms with van der Waals surface area (Å²) in [6.45, 7) is 0. The lowest BCUT2D eigenvalue weighted by molar-refractivity contribution is 0.180. The molecule has 1 aliphatic heterocycles. The van der Waals surface area contributed by atoms with Gasteiger partial charge in [-0.2, -0.15) is 0 Å². The SMILES string of the molecule is O=C(O)N1C=NC2=CC=CC=CC2=C1. The van der Waals surface area contributed by atoms with E-state index in [-0.39, 0.29) is 0 Å². The van der Waals surface area contributed by atoms with E-state index in [9.17, 15) is 4.79 Å². The fourth-order valence-electron chi connectivity index (χ4n) is 1.19. The molecule has 0 atom stereocenters. The Bertz CT molecular complexity index is 414. The number of hydrogen-bond donors (Lipinski definition) is 1. The number of aliphatic imine (C=N–C) groups is 1. The number of carboxylic acid groups (broad SMARTS) is 1. The largest absolute Gasteiger partial charge is 0.464 e. The highest BCUT2D eigenvalue weighted by molar-refractivity contribution is 5.85. The minimum absolute atomic E-state index is 0.771. The van der Waals surface area contributed by atoms with Gasteiger partial charge in [0, 0.05) is 11.8 Å². The highest BCUT2D eigenvalue weighted by Crippen LogP contribution is 2.19. The second-order valence-electron chi connectivity index (χ2n) is 2.81. The maximum atomic E-state index is 10.6. The van der Waals surface area contributed by atoms with Crippen molar-refractivity contribution in [2.75, 3.05) is 0 Å². The Kier molecular flexibility index (Phi) is 2.02. The molecule has 14 heavy (non-hydrogen) atoms. The number of nitrogens with zero attached hydrogens (tertiary/aromatic N) is 2. The Labute approximate surface area is 80.9 Å². The molecule has 0 fully saturated rings. The Balaban J connectivity index is 2.37. The van der Waals surface area contributed by atoms with Crippen LogP contribution in [0.3, 0.4) is 0 Å². The van der Waals surface area contributed by atoms with E-state index in [1.807, 2.05) is 30.4 Å². The highest BCUT2D eigenvalue weighted by Gasteiger charge is 2.13. The summed E-state index contributed by atoms with van der Waals surface area (Å²) in [5, 5.41) is 8.73. The molecule has 0 aromatic rings. The molecule has 0 aromatic heterocycles. The molecular weight excluding hydrogens is 180 g/mol. The fraction of sp³-hybridized carbons (Fsp3) is 0. The summed E-state index contributed by atoms with van der Waals surface area (Å²) in [5.74, 6) is 0. The number of carbonyl (C=O) groups is 1. The first-order valence-electron chi connectivity index (χ1n) is 4.10. The van der Waals surface area contributed by atoms with Gasteiger partial charge in [0.2, 0.25) is 0 Å². The summed E-state index contributed by atoms with van der Waals surface area (Å²) in [6.07, 6.45) is 11.0. The van der Waals surface area contributed by atoms with E-state index in [1.165, 1.54) is 12.5 Å². The van der Waals surface area contributed by atoms with Gasteiger partial charge < -0.3 is 5.11 Å². The standard InChI is InChI=1S/C10H8N2O2/c13-10(14)12-6-8-4-2-1-3-5-9(8)11-7-12/h1-7H,(H,13,14). The normalized spacial score (nSPS) is 18.4. The monoisotopic (exact) mass is 188 g/mol. The van der Waals surface area contributed by atoms with Crippen molar-refractivity contribution in [1.29, 1.82) is 0 Å². The van der Waals surface area contributed by atoms with Crippen molar-refractivity contribution in [1.82, 2.24) is 4.90 Å². The number of hydrogen-bond acceptors (Lipinski definition) is 2. The topological polar surface area (TPSA) is 52.9 Å². The van der Waals surface area contributed by atoms with Crippen LogP contribution in [0.2, 0.25) is 0 Å². The average molecular weight is 188 g/mol. The Morgan fingerprint density at radius 2 is 2.21 bits per heavy atom. The van der Waals surface area contributed by atoms with Crippen molar-refractivity contribution in [2.24, 2.45) is 4.99 Å². The van der Waals surface area contributed by atoms with Crippen LogP contribution in [0.5, 0.6) is 0 Å². The Morgan fingerprint density at radius 1 is 1.36 bits per heavy atom. The maximum absolute atomic E-state index is 10.6. The quantitative estimate of drug-likeness (QED) is 0.631. The van der Waals surface area contributed by atoms with Crippen LogP contribution in [0.1, 0.15) is 0 Å². The molecule has 4 nitrogen and oxygen atoms in total. The van der Waals surface area contributed by atoms with E-state index < -0.39 is 6.09 Å². The molecule has 1 heterocycles. The van der Waals surface area contributed by atoms with Gasteiger partial charge in [0.05, 0.1) is 5.70 Å². The predicted octanol–water partition coefficient (Wildman–Crippen LogP) is 1.90. The molecule has 70 valence electrons. The van der Waals surface area contributed by atoms with E-state index in [2.05, 4.69) is 4.99 Å². The molecule has 0 saturated heterocycles. The van der Waals surface area contributed by atoms with E-state index in [4.69, 9.17) is 5.11 Å². The van der Waals surface area contributed by atoms with Crippen LogP contribution in [-0.4, -0.2) is 22.4 Å². The molecule has 1 amide bonds. The van der Waals surface area contributed by atoms with Crippen molar-refractivity contribution in [3.63, 3.8) is 0 Å². The zero-order valence-electron chi connectivity index (χ0n) is 7.29. The van der Waals surface area contributed by atoms with Crippen molar-refractivity contribution in [3.05, 3.63) is 47.9 Å². The number of fused-ring (bicyclic) bond motifs is 1.